The Bertz CT molecular complexity index is 1430. The molecule has 0 radical (unpaired) electrons. The lowest BCUT2D eigenvalue weighted by atomic mass is 10.0. The van der Waals surface area contributed by atoms with Gasteiger partial charge in [0.15, 0.2) is 17.2 Å². The molecule has 0 saturated carbocycles. The lowest BCUT2D eigenvalue weighted by Crippen LogP contribution is -2.08. The van der Waals surface area contributed by atoms with Crippen LogP contribution in [-0.2, 0) is 14.1 Å². The van der Waals surface area contributed by atoms with Gasteiger partial charge in [-0.15, -0.1) is 0 Å². The van der Waals surface area contributed by atoms with Crippen LogP contribution >= 0.6 is 0 Å². The molecule has 10 nitrogen and oxygen atoms in total. The summed E-state index contributed by atoms with van der Waals surface area (Å²) >= 11 is 0. The zero-order valence-electron chi connectivity index (χ0n) is 17.0. The first-order valence-electron chi connectivity index (χ1n) is 9.33. The molecule has 11 heteroatoms. The highest BCUT2D eigenvalue weighted by molar-refractivity contribution is 6.02. The summed E-state index contributed by atoms with van der Waals surface area (Å²) in [6, 6.07) is 6.54. The fraction of sp³-hybridized carbons (Fsp3) is 0.150. The van der Waals surface area contributed by atoms with Crippen molar-refractivity contribution in [2.24, 2.45) is 14.1 Å². The SMILES string of the molecule is COc1ccc(-c2c(-c3nn(C)c4ncnc(-c5ccn(N)n5)c34)cnn2C)cc1F. The Hall–Kier alpha value is -4.28. The van der Waals surface area contributed by atoms with Gasteiger partial charge in [0.1, 0.15) is 23.4 Å². The molecule has 0 amide bonds. The molecule has 0 bridgehead atoms. The molecule has 156 valence electrons. The molecule has 0 spiro atoms. The van der Waals surface area contributed by atoms with E-state index in [-0.39, 0.29) is 5.75 Å². The van der Waals surface area contributed by atoms with Gasteiger partial charge in [0.25, 0.3) is 0 Å². The first kappa shape index (κ1) is 18.7. The third kappa shape index (κ3) is 2.89. The predicted octanol–water partition coefficient (Wildman–Crippen LogP) is 2.16. The van der Waals surface area contributed by atoms with Crippen LogP contribution in [0.5, 0.6) is 5.75 Å². The van der Waals surface area contributed by atoms with Gasteiger partial charge in [-0.2, -0.15) is 20.1 Å². The van der Waals surface area contributed by atoms with Crippen LogP contribution in [0.4, 0.5) is 4.39 Å². The average molecular weight is 419 g/mol. The maximum Gasteiger partial charge on any atom is 0.165 e. The molecule has 2 N–H and O–H groups in total. The highest BCUT2D eigenvalue weighted by Crippen LogP contribution is 2.38. The van der Waals surface area contributed by atoms with E-state index in [2.05, 4.69) is 25.3 Å². The summed E-state index contributed by atoms with van der Waals surface area (Å²) < 4.78 is 22.8. The second-order valence-electron chi connectivity index (χ2n) is 6.95. The molecule has 5 aromatic rings. The van der Waals surface area contributed by atoms with E-state index in [0.29, 0.717) is 44.9 Å². The zero-order chi connectivity index (χ0) is 21.7. The number of nitrogens with two attached hydrogens (primary N) is 1. The minimum Gasteiger partial charge on any atom is -0.494 e. The smallest absolute Gasteiger partial charge is 0.165 e. The van der Waals surface area contributed by atoms with Crippen molar-refractivity contribution >= 4 is 11.0 Å². The lowest BCUT2D eigenvalue weighted by molar-refractivity contribution is 0.386. The molecule has 0 atom stereocenters. The van der Waals surface area contributed by atoms with E-state index in [1.54, 1.807) is 54.1 Å². The number of ether oxygens (including phenoxy) is 1. The second kappa shape index (κ2) is 6.90. The summed E-state index contributed by atoms with van der Waals surface area (Å²) in [7, 11) is 5.02. The number of halogens is 1. The van der Waals surface area contributed by atoms with E-state index in [9.17, 15) is 4.39 Å². The number of nitrogens with zero attached hydrogens (tertiary/aromatic N) is 8. The van der Waals surface area contributed by atoms with Gasteiger partial charge in [0, 0.05) is 31.4 Å². The van der Waals surface area contributed by atoms with Gasteiger partial charge in [-0.3, -0.25) is 4.68 Å². The third-order valence-corrected chi connectivity index (χ3v) is 5.09. The Morgan fingerprint density at radius 1 is 1.03 bits per heavy atom. The first-order chi connectivity index (χ1) is 15.0. The van der Waals surface area contributed by atoms with Crippen LogP contribution < -0.4 is 10.6 Å². The van der Waals surface area contributed by atoms with E-state index < -0.39 is 5.82 Å². The van der Waals surface area contributed by atoms with E-state index in [4.69, 9.17) is 10.6 Å². The number of hydrogen-bond acceptors (Lipinski definition) is 7. The number of nitrogen functional groups attached to an aromatic ring is 1. The molecule has 0 fully saturated rings. The Morgan fingerprint density at radius 3 is 2.58 bits per heavy atom. The van der Waals surface area contributed by atoms with Crippen molar-refractivity contribution in [2.75, 3.05) is 13.0 Å². The fourth-order valence-corrected chi connectivity index (χ4v) is 3.70. The van der Waals surface area contributed by atoms with Crippen molar-refractivity contribution < 1.29 is 9.13 Å². The van der Waals surface area contributed by atoms with Crippen molar-refractivity contribution in [1.29, 1.82) is 0 Å². The number of aromatic nitrogens is 8. The number of fused-ring (bicyclic) bond motifs is 1. The van der Waals surface area contributed by atoms with E-state index >= 15 is 0 Å². The van der Waals surface area contributed by atoms with Crippen LogP contribution in [-0.4, -0.2) is 46.5 Å². The van der Waals surface area contributed by atoms with Gasteiger partial charge in [0.05, 0.1) is 24.4 Å². The number of methoxy groups -OCH3 is 1. The van der Waals surface area contributed by atoms with Crippen molar-refractivity contribution in [3.05, 3.63) is 48.8 Å². The van der Waals surface area contributed by atoms with Crippen LogP contribution in [0, 0.1) is 5.82 Å². The van der Waals surface area contributed by atoms with Gasteiger partial charge in [0.2, 0.25) is 0 Å². The summed E-state index contributed by atoms with van der Waals surface area (Å²) in [6.07, 6.45) is 4.79. The topological polar surface area (TPSA) is 114 Å². The van der Waals surface area contributed by atoms with Crippen LogP contribution in [0.2, 0.25) is 0 Å². The van der Waals surface area contributed by atoms with Crippen molar-refractivity contribution in [1.82, 2.24) is 39.4 Å². The normalized spacial score (nSPS) is 11.4. The summed E-state index contributed by atoms with van der Waals surface area (Å²) in [5.41, 5.74) is 4.46. The van der Waals surface area contributed by atoms with E-state index in [1.807, 2.05) is 0 Å². The molecule has 0 aliphatic heterocycles. The molecule has 31 heavy (non-hydrogen) atoms. The van der Waals surface area contributed by atoms with Crippen molar-refractivity contribution in [2.45, 2.75) is 0 Å². The molecule has 4 aromatic heterocycles. The quantitative estimate of drug-likeness (QED) is 0.444. The van der Waals surface area contributed by atoms with Crippen LogP contribution in [0.3, 0.4) is 0 Å². The molecular formula is C20H18FN9O. The predicted molar refractivity (Wildman–Crippen MR) is 112 cm³/mol. The number of aryl methyl sites for hydroxylation is 2. The van der Waals surface area contributed by atoms with E-state index in [1.165, 1.54) is 24.3 Å². The van der Waals surface area contributed by atoms with E-state index in [0.717, 1.165) is 0 Å². The molecule has 0 unspecified atom stereocenters. The van der Waals surface area contributed by atoms with Crippen molar-refractivity contribution in [3.8, 4) is 39.7 Å². The number of benzene rings is 1. The average Bonchev–Trinajstić information content (AvgIpc) is 3.45. The summed E-state index contributed by atoms with van der Waals surface area (Å²) in [5.74, 6) is 5.45. The minimum absolute atomic E-state index is 0.170. The van der Waals surface area contributed by atoms with Crippen LogP contribution in [0.25, 0.3) is 44.9 Å². The Kier molecular flexibility index (Phi) is 4.17. The van der Waals surface area contributed by atoms with Gasteiger partial charge >= 0.3 is 0 Å². The molecule has 0 saturated heterocycles. The Balaban J connectivity index is 1.78. The summed E-state index contributed by atoms with van der Waals surface area (Å²) in [6.45, 7) is 0. The summed E-state index contributed by atoms with van der Waals surface area (Å²) in [4.78, 5) is 10.0. The molecule has 4 heterocycles. The highest BCUT2D eigenvalue weighted by Gasteiger charge is 2.24. The molecule has 0 aliphatic rings. The minimum atomic E-state index is -0.462. The van der Waals surface area contributed by atoms with Gasteiger partial charge in [-0.05, 0) is 24.3 Å². The van der Waals surface area contributed by atoms with Gasteiger partial charge in [-0.1, -0.05) is 0 Å². The first-order valence-corrected chi connectivity index (χ1v) is 9.33. The largest absolute Gasteiger partial charge is 0.494 e. The molecule has 0 aliphatic carbocycles. The molecule has 5 rings (SSSR count). The maximum atomic E-state index is 14.4. The standard InChI is InChI=1S/C20H18FN9O/c1-28-19(11-4-5-15(31-3)13(21)8-11)12(9-25-28)17-16-18(14-6-7-30(22)26-14)23-10-24-20(16)29(2)27-17/h4-10H,22H2,1-3H3. The van der Waals surface area contributed by atoms with Gasteiger partial charge < -0.3 is 10.6 Å². The maximum absolute atomic E-state index is 14.4. The summed E-state index contributed by atoms with van der Waals surface area (Å²) in [5, 5.41) is 14.1. The Labute approximate surface area is 175 Å². The Morgan fingerprint density at radius 2 is 1.87 bits per heavy atom. The number of hydrogen-bond donors (Lipinski definition) is 1. The van der Waals surface area contributed by atoms with Crippen LogP contribution in [0.15, 0.2) is 43.0 Å². The lowest BCUT2D eigenvalue weighted by Gasteiger charge is -2.08. The zero-order valence-corrected chi connectivity index (χ0v) is 17.0. The van der Waals surface area contributed by atoms with Gasteiger partial charge in [-0.25, -0.2) is 19.0 Å². The highest BCUT2D eigenvalue weighted by atomic mass is 19.1. The van der Waals surface area contributed by atoms with Crippen LogP contribution in [0.1, 0.15) is 0 Å². The fourth-order valence-electron chi connectivity index (χ4n) is 3.70. The molecule has 1 aromatic carbocycles. The number of rotatable bonds is 4. The monoisotopic (exact) mass is 419 g/mol. The molecular weight excluding hydrogens is 401 g/mol. The van der Waals surface area contributed by atoms with Crippen molar-refractivity contribution in [3.63, 3.8) is 0 Å². The third-order valence-electron chi connectivity index (χ3n) is 5.09. The second-order valence-corrected chi connectivity index (χ2v) is 6.95.